The van der Waals surface area contributed by atoms with Crippen LogP contribution in [0.4, 0.5) is 8.78 Å². The predicted molar refractivity (Wildman–Crippen MR) is 67.3 cm³/mol. The normalized spacial score (nSPS) is 11.2. The summed E-state index contributed by atoms with van der Waals surface area (Å²) in [6.07, 6.45) is 0. The molecule has 0 amide bonds. The van der Waals surface area contributed by atoms with Crippen LogP contribution in [0.1, 0.15) is 23.0 Å². The van der Waals surface area contributed by atoms with Gasteiger partial charge < -0.3 is 9.84 Å². The first kappa shape index (κ1) is 13.9. The van der Waals surface area contributed by atoms with Crippen molar-refractivity contribution in [1.29, 1.82) is 0 Å². The highest BCUT2D eigenvalue weighted by atomic mass is 19.3. The lowest BCUT2D eigenvalue weighted by Gasteiger charge is -2.15. The van der Waals surface area contributed by atoms with Crippen LogP contribution in [0.15, 0.2) is 42.5 Å². The lowest BCUT2D eigenvalue weighted by molar-refractivity contribution is 0.0148. The summed E-state index contributed by atoms with van der Waals surface area (Å²) in [7, 11) is 0. The van der Waals surface area contributed by atoms with Gasteiger partial charge in [-0.3, -0.25) is 0 Å². The van der Waals surface area contributed by atoms with Crippen LogP contribution < -0.4 is 4.74 Å². The Bertz CT molecular complexity index is 624. The van der Waals surface area contributed by atoms with Crippen LogP contribution in [0.3, 0.4) is 0 Å². The molecule has 104 valence electrons. The number of ether oxygens (including phenoxy) is 1. The number of carboxylic acids is 1. The summed E-state index contributed by atoms with van der Waals surface area (Å²) in [6.45, 7) is 0.697. The van der Waals surface area contributed by atoms with Gasteiger partial charge in [0.2, 0.25) is 5.88 Å². The summed E-state index contributed by atoms with van der Waals surface area (Å²) in [5.74, 6) is -4.61. The topological polar surface area (TPSA) is 59.4 Å². The average Bonchev–Trinajstić information content (AvgIpc) is 2.38. The second-order valence-electron chi connectivity index (χ2n) is 4.16. The molecule has 1 aromatic heterocycles. The number of rotatable bonds is 4. The van der Waals surface area contributed by atoms with Crippen LogP contribution in [-0.4, -0.2) is 16.1 Å². The fourth-order valence-corrected chi connectivity index (χ4v) is 1.57. The summed E-state index contributed by atoms with van der Waals surface area (Å²) in [6, 6.07) is 10.2. The fraction of sp³-hybridized carbons (Fsp3) is 0.143. The molecule has 0 spiro atoms. The molecule has 1 aromatic carbocycles. The van der Waals surface area contributed by atoms with Crippen LogP contribution in [0, 0.1) is 0 Å². The molecule has 2 aromatic rings. The monoisotopic (exact) mass is 279 g/mol. The zero-order valence-electron chi connectivity index (χ0n) is 10.5. The molecular formula is C14H11F2NO3. The van der Waals surface area contributed by atoms with E-state index >= 15 is 0 Å². The smallest absolute Gasteiger partial charge is 0.354 e. The maximum Gasteiger partial charge on any atom is 0.354 e. The van der Waals surface area contributed by atoms with Crippen LogP contribution in [0.2, 0.25) is 0 Å². The van der Waals surface area contributed by atoms with Gasteiger partial charge in [0.05, 0.1) is 5.56 Å². The number of halogens is 2. The van der Waals surface area contributed by atoms with Crippen molar-refractivity contribution < 1.29 is 23.4 Å². The highest BCUT2D eigenvalue weighted by Crippen LogP contribution is 2.35. The van der Waals surface area contributed by atoms with Gasteiger partial charge in [0.15, 0.2) is 5.69 Å². The summed E-state index contributed by atoms with van der Waals surface area (Å²) >= 11 is 0. The Morgan fingerprint density at radius 3 is 2.40 bits per heavy atom. The van der Waals surface area contributed by atoms with E-state index in [1.54, 1.807) is 30.3 Å². The number of nitrogens with zero attached hydrogens (tertiary/aromatic N) is 1. The summed E-state index contributed by atoms with van der Waals surface area (Å²) < 4.78 is 32.2. The molecule has 0 aliphatic rings. The van der Waals surface area contributed by atoms with Gasteiger partial charge in [-0.25, -0.2) is 18.6 Å². The Labute approximate surface area is 113 Å². The minimum absolute atomic E-state index is 0.299. The molecule has 0 bridgehead atoms. The lowest BCUT2D eigenvalue weighted by atomic mass is 10.1. The van der Waals surface area contributed by atoms with E-state index in [0.717, 1.165) is 12.1 Å². The number of hydrogen-bond acceptors (Lipinski definition) is 3. The van der Waals surface area contributed by atoms with Crippen molar-refractivity contribution >= 4 is 5.97 Å². The van der Waals surface area contributed by atoms with E-state index in [1.807, 2.05) is 0 Å². The number of benzene rings is 1. The SMILES string of the molecule is CC(F)(F)c1ccc(C(=O)O)nc1Oc1ccccc1. The van der Waals surface area contributed by atoms with E-state index in [9.17, 15) is 13.6 Å². The van der Waals surface area contributed by atoms with Crippen molar-refractivity contribution in [3.63, 3.8) is 0 Å². The molecule has 0 aliphatic carbocycles. The number of carbonyl (C=O) groups is 1. The van der Waals surface area contributed by atoms with E-state index in [1.165, 1.54) is 0 Å². The van der Waals surface area contributed by atoms with Gasteiger partial charge in [-0.1, -0.05) is 18.2 Å². The molecule has 0 atom stereocenters. The summed E-state index contributed by atoms with van der Waals surface area (Å²) in [4.78, 5) is 14.5. The van der Waals surface area contributed by atoms with Gasteiger partial charge in [-0.05, 0) is 24.3 Å². The molecule has 0 fully saturated rings. The van der Waals surface area contributed by atoms with Crippen molar-refractivity contribution in [2.24, 2.45) is 0 Å². The minimum Gasteiger partial charge on any atom is -0.477 e. The second kappa shape index (κ2) is 5.24. The molecule has 0 aliphatic heterocycles. The van der Waals surface area contributed by atoms with Crippen molar-refractivity contribution in [1.82, 2.24) is 4.98 Å². The average molecular weight is 279 g/mol. The van der Waals surface area contributed by atoms with E-state index in [4.69, 9.17) is 9.84 Å². The van der Waals surface area contributed by atoms with Crippen molar-refractivity contribution in [3.05, 3.63) is 53.7 Å². The molecular weight excluding hydrogens is 268 g/mol. The molecule has 1 heterocycles. The number of aromatic nitrogens is 1. The van der Waals surface area contributed by atoms with E-state index in [-0.39, 0.29) is 5.69 Å². The first-order valence-corrected chi connectivity index (χ1v) is 5.73. The first-order chi connectivity index (χ1) is 9.38. The number of carboxylic acid groups (broad SMARTS) is 1. The van der Waals surface area contributed by atoms with E-state index in [0.29, 0.717) is 12.7 Å². The Morgan fingerprint density at radius 2 is 1.85 bits per heavy atom. The molecule has 0 radical (unpaired) electrons. The summed E-state index contributed by atoms with van der Waals surface area (Å²) in [5.41, 5.74) is -0.824. The molecule has 0 unspecified atom stereocenters. The zero-order chi connectivity index (χ0) is 14.8. The Morgan fingerprint density at radius 1 is 1.20 bits per heavy atom. The standard InChI is InChI=1S/C14H11F2NO3/c1-14(15,16)10-7-8-11(13(18)19)17-12(10)20-9-5-3-2-4-6-9/h2-8H,1H3,(H,18,19). The number of alkyl halides is 2. The van der Waals surface area contributed by atoms with Crippen molar-refractivity contribution in [3.8, 4) is 11.6 Å². The number of aromatic carboxylic acids is 1. The zero-order valence-corrected chi connectivity index (χ0v) is 10.5. The Balaban J connectivity index is 2.47. The highest BCUT2D eigenvalue weighted by Gasteiger charge is 2.30. The minimum atomic E-state index is -3.19. The maximum absolute atomic E-state index is 13.5. The molecule has 4 nitrogen and oxygen atoms in total. The number of hydrogen-bond donors (Lipinski definition) is 1. The third kappa shape index (κ3) is 3.09. The van der Waals surface area contributed by atoms with Gasteiger partial charge >= 0.3 is 5.97 Å². The lowest BCUT2D eigenvalue weighted by Crippen LogP contribution is -2.12. The molecule has 0 saturated heterocycles. The molecule has 6 heteroatoms. The van der Waals surface area contributed by atoms with Gasteiger partial charge in [-0.2, -0.15) is 0 Å². The van der Waals surface area contributed by atoms with Gasteiger partial charge in [0.25, 0.3) is 5.92 Å². The highest BCUT2D eigenvalue weighted by molar-refractivity contribution is 5.85. The number of para-hydroxylation sites is 1. The number of pyridine rings is 1. The van der Waals surface area contributed by atoms with Crippen LogP contribution in [0.25, 0.3) is 0 Å². The Kier molecular flexibility index (Phi) is 3.65. The van der Waals surface area contributed by atoms with Gasteiger partial charge in [-0.15, -0.1) is 0 Å². The summed E-state index contributed by atoms with van der Waals surface area (Å²) in [5, 5.41) is 8.86. The van der Waals surface area contributed by atoms with E-state index in [2.05, 4.69) is 4.98 Å². The molecule has 0 saturated carbocycles. The molecule has 20 heavy (non-hydrogen) atoms. The Hall–Kier alpha value is -2.50. The maximum atomic E-state index is 13.5. The van der Waals surface area contributed by atoms with Crippen molar-refractivity contribution in [2.45, 2.75) is 12.8 Å². The third-order valence-corrected chi connectivity index (χ3v) is 2.51. The third-order valence-electron chi connectivity index (χ3n) is 2.51. The largest absolute Gasteiger partial charge is 0.477 e. The van der Waals surface area contributed by atoms with E-state index < -0.39 is 23.3 Å². The van der Waals surface area contributed by atoms with Gasteiger partial charge in [0, 0.05) is 6.92 Å². The van der Waals surface area contributed by atoms with Gasteiger partial charge in [0.1, 0.15) is 5.75 Å². The van der Waals surface area contributed by atoms with Crippen molar-refractivity contribution in [2.75, 3.05) is 0 Å². The van der Waals surface area contributed by atoms with Crippen LogP contribution >= 0.6 is 0 Å². The first-order valence-electron chi connectivity index (χ1n) is 5.73. The molecule has 2 rings (SSSR count). The molecule has 1 N–H and O–H groups in total. The fourth-order valence-electron chi connectivity index (χ4n) is 1.57. The second-order valence-corrected chi connectivity index (χ2v) is 4.16. The quantitative estimate of drug-likeness (QED) is 0.927. The predicted octanol–water partition coefficient (Wildman–Crippen LogP) is 3.68. The van der Waals surface area contributed by atoms with Crippen LogP contribution in [-0.2, 0) is 5.92 Å². The van der Waals surface area contributed by atoms with Crippen LogP contribution in [0.5, 0.6) is 11.6 Å².